The highest BCUT2D eigenvalue weighted by atomic mass is 32.1. The van der Waals surface area contributed by atoms with E-state index in [-0.39, 0.29) is 27.7 Å². The van der Waals surface area contributed by atoms with Crippen LogP contribution in [0.5, 0.6) is 0 Å². The highest BCUT2D eigenvalue weighted by molar-refractivity contribution is 7.19. The number of hydrogen-bond acceptors (Lipinski definition) is 8. The van der Waals surface area contributed by atoms with E-state index < -0.39 is 34.8 Å². The van der Waals surface area contributed by atoms with E-state index in [1.807, 2.05) is 0 Å². The predicted molar refractivity (Wildman–Crippen MR) is 152 cm³/mol. The number of carbonyl (C=O) groups excluding carboxylic acids is 3. The first-order chi connectivity index (χ1) is 19.3. The zero-order valence-electron chi connectivity index (χ0n) is 23.5. The SMILES string of the molecule is CC(=O)N[C@@H]1CCCN(c2c(NC(=O)c3nc(-c4c(F)cccc4F)sc3NC(=O)OC(C)(C)C)cnn2C)CC1. The van der Waals surface area contributed by atoms with Gasteiger partial charge in [-0.05, 0) is 52.2 Å². The zero-order valence-corrected chi connectivity index (χ0v) is 24.3. The van der Waals surface area contributed by atoms with Crippen molar-refractivity contribution in [3.05, 3.63) is 41.7 Å². The van der Waals surface area contributed by atoms with Crippen LogP contribution in [0, 0.1) is 11.6 Å². The van der Waals surface area contributed by atoms with Gasteiger partial charge in [0.2, 0.25) is 5.91 Å². The summed E-state index contributed by atoms with van der Waals surface area (Å²) >= 11 is 0.750. The van der Waals surface area contributed by atoms with Crippen LogP contribution in [-0.2, 0) is 16.6 Å². The molecule has 1 aromatic carbocycles. The second-order valence-corrected chi connectivity index (χ2v) is 11.7. The normalized spacial score (nSPS) is 15.7. The van der Waals surface area contributed by atoms with E-state index >= 15 is 0 Å². The first-order valence-electron chi connectivity index (χ1n) is 13.1. The summed E-state index contributed by atoms with van der Waals surface area (Å²) in [4.78, 5) is 43.9. The first-order valence-corrected chi connectivity index (χ1v) is 13.9. The summed E-state index contributed by atoms with van der Waals surface area (Å²) in [5, 5.41) is 12.4. The number of anilines is 3. The van der Waals surface area contributed by atoms with Gasteiger partial charge in [0.05, 0.1) is 11.8 Å². The number of hydrogen-bond donors (Lipinski definition) is 3. The predicted octanol–water partition coefficient (Wildman–Crippen LogP) is 4.92. The summed E-state index contributed by atoms with van der Waals surface area (Å²) in [5.41, 5.74) is -1.08. The van der Waals surface area contributed by atoms with Gasteiger partial charge < -0.3 is 20.3 Å². The number of halogens is 2. The minimum atomic E-state index is -0.859. The number of nitrogens with one attached hydrogen (secondary N) is 3. The maximum absolute atomic E-state index is 14.6. The number of aryl methyl sites for hydroxylation is 1. The molecule has 0 radical (unpaired) electrons. The van der Waals surface area contributed by atoms with Crippen LogP contribution < -0.4 is 20.9 Å². The maximum atomic E-state index is 14.6. The highest BCUT2D eigenvalue weighted by Crippen LogP contribution is 2.36. The average molecular weight is 590 g/mol. The van der Waals surface area contributed by atoms with Gasteiger partial charge in [0.15, 0.2) is 11.5 Å². The lowest BCUT2D eigenvalue weighted by molar-refractivity contribution is -0.119. The number of ether oxygens (including phenoxy) is 1. The van der Waals surface area contributed by atoms with Crippen LogP contribution >= 0.6 is 11.3 Å². The minimum absolute atomic E-state index is 0.0345. The van der Waals surface area contributed by atoms with Crippen molar-refractivity contribution in [2.75, 3.05) is 28.6 Å². The van der Waals surface area contributed by atoms with Gasteiger partial charge in [-0.2, -0.15) is 5.10 Å². The number of aromatic nitrogens is 3. The number of benzene rings is 1. The molecule has 3 heterocycles. The molecule has 3 amide bonds. The molecule has 14 heteroatoms. The van der Waals surface area contributed by atoms with Crippen molar-refractivity contribution in [2.45, 2.75) is 58.6 Å². The lowest BCUT2D eigenvalue weighted by Crippen LogP contribution is -2.34. The maximum Gasteiger partial charge on any atom is 0.412 e. The first kappa shape index (κ1) is 29.9. The van der Waals surface area contributed by atoms with Crippen molar-refractivity contribution in [1.82, 2.24) is 20.1 Å². The van der Waals surface area contributed by atoms with E-state index in [2.05, 4.69) is 30.9 Å². The molecule has 2 aromatic heterocycles. The van der Waals surface area contributed by atoms with Gasteiger partial charge >= 0.3 is 6.09 Å². The summed E-state index contributed by atoms with van der Waals surface area (Å²) < 4.78 is 36.1. The van der Waals surface area contributed by atoms with Crippen molar-refractivity contribution in [3.8, 4) is 10.6 Å². The lowest BCUT2D eigenvalue weighted by Gasteiger charge is -2.24. The smallest absolute Gasteiger partial charge is 0.412 e. The Bertz CT molecular complexity index is 1430. The Labute approximate surface area is 240 Å². The van der Waals surface area contributed by atoms with Crippen molar-refractivity contribution in [1.29, 1.82) is 0 Å². The van der Waals surface area contributed by atoms with E-state index in [0.717, 1.165) is 36.3 Å². The Morgan fingerprint density at radius 1 is 1.10 bits per heavy atom. The molecule has 1 fully saturated rings. The van der Waals surface area contributed by atoms with Gasteiger partial charge in [-0.1, -0.05) is 17.4 Å². The molecule has 0 unspecified atom stereocenters. The number of nitrogens with zero attached hydrogens (tertiary/aromatic N) is 4. The van der Waals surface area contributed by atoms with Crippen molar-refractivity contribution < 1.29 is 27.9 Å². The van der Waals surface area contributed by atoms with Gasteiger partial charge in [-0.15, -0.1) is 0 Å². The number of amides is 3. The van der Waals surface area contributed by atoms with E-state index in [1.165, 1.54) is 19.2 Å². The molecule has 1 aliphatic rings. The third-order valence-electron chi connectivity index (χ3n) is 6.22. The average Bonchev–Trinajstić information content (AvgIpc) is 3.34. The lowest BCUT2D eigenvalue weighted by atomic mass is 10.1. The standard InChI is InChI=1S/C27H33F2N7O4S/c1-15(37)31-16-8-7-12-36(13-11-16)25-19(14-30-35(25)5)32-22(38)21-24(34-26(39)40-27(2,3)4)41-23(33-21)20-17(28)9-6-10-18(20)29/h6,9-10,14,16H,7-8,11-13H2,1-5H3,(H,31,37)(H,32,38)(H,34,39)/t16-/m1/s1. The van der Waals surface area contributed by atoms with Crippen LogP contribution in [0.15, 0.2) is 24.4 Å². The highest BCUT2D eigenvalue weighted by Gasteiger charge is 2.28. The molecule has 3 aromatic rings. The largest absolute Gasteiger partial charge is 0.444 e. The van der Waals surface area contributed by atoms with Gasteiger partial charge in [-0.25, -0.2) is 18.6 Å². The summed E-state index contributed by atoms with van der Waals surface area (Å²) in [6, 6.07) is 3.44. The second kappa shape index (κ2) is 12.2. The number of thiazole rings is 1. The monoisotopic (exact) mass is 589 g/mol. The van der Waals surface area contributed by atoms with Crippen LogP contribution in [0.2, 0.25) is 0 Å². The summed E-state index contributed by atoms with van der Waals surface area (Å²) in [7, 11) is 1.75. The molecular weight excluding hydrogens is 556 g/mol. The molecule has 4 rings (SSSR count). The minimum Gasteiger partial charge on any atom is -0.444 e. The molecule has 1 aliphatic heterocycles. The van der Waals surface area contributed by atoms with Gasteiger partial charge in [-0.3, -0.25) is 19.6 Å². The van der Waals surface area contributed by atoms with Gasteiger partial charge in [0, 0.05) is 33.1 Å². The summed E-state index contributed by atoms with van der Waals surface area (Å²) in [6.45, 7) is 7.83. The summed E-state index contributed by atoms with van der Waals surface area (Å²) in [6.07, 6.45) is 3.00. The molecule has 0 aliphatic carbocycles. The molecule has 3 N–H and O–H groups in total. The van der Waals surface area contributed by atoms with Crippen LogP contribution in [0.1, 0.15) is 57.4 Å². The Morgan fingerprint density at radius 2 is 1.80 bits per heavy atom. The van der Waals surface area contributed by atoms with E-state index in [1.54, 1.807) is 32.5 Å². The Hall–Kier alpha value is -4.07. The molecular formula is C27H33F2N7O4S. The quantitative estimate of drug-likeness (QED) is 0.372. The van der Waals surface area contributed by atoms with Crippen molar-refractivity contribution in [2.24, 2.45) is 7.05 Å². The van der Waals surface area contributed by atoms with Crippen molar-refractivity contribution in [3.63, 3.8) is 0 Å². The second-order valence-electron chi connectivity index (χ2n) is 10.7. The molecule has 11 nitrogen and oxygen atoms in total. The molecule has 220 valence electrons. The Kier molecular flexibility index (Phi) is 8.90. The van der Waals surface area contributed by atoms with Gasteiger partial charge in [0.1, 0.15) is 32.9 Å². The molecule has 0 bridgehead atoms. The van der Waals surface area contributed by atoms with Crippen LogP contribution in [0.3, 0.4) is 0 Å². The summed E-state index contributed by atoms with van der Waals surface area (Å²) in [5.74, 6) is -1.86. The topological polar surface area (TPSA) is 130 Å². The third kappa shape index (κ3) is 7.37. The fourth-order valence-corrected chi connectivity index (χ4v) is 5.58. The number of carbonyl (C=O) groups is 3. The van der Waals surface area contributed by atoms with Crippen LogP contribution in [0.4, 0.5) is 30.1 Å². The Balaban J connectivity index is 1.63. The molecule has 1 atom stereocenters. The molecule has 1 saturated heterocycles. The zero-order chi connectivity index (χ0) is 29.9. The van der Waals surface area contributed by atoms with E-state index in [0.29, 0.717) is 31.0 Å². The Morgan fingerprint density at radius 3 is 2.46 bits per heavy atom. The van der Waals surface area contributed by atoms with Crippen molar-refractivity contribution >= 4 is 45.8 Å². The van der Waals surface area contributed by atoms with E-state index in [9.17, 15) is 23.2 Å². The third-order valence-corrected chi connectivity index (χ3v) is 7.21. The fraction of sp³-hybridized carbons (Fsp3) is 0.444. The number of rotatable bonds is 6. The fourth-order valence-electron chi connectivity index (χ4n) is 4.58. The molecule has 0 saturated carbocycles. The molecule has 0 spiro atoms. The van der Waals surface area contributed by atoms with Crippen LogP contribution in [-0.4, -0.2) is 57.4 Å². The van der Waals surface area contributed by atoms with Crippen LogP contribution in [0.25, 0.3) is 10.6 Å². The molecule has 41 heavy (non-hydrogen) atoms. The van der Waals surface area contributed by atoms with Gasteiger partial charge in [0.25, 0.3) is 5.91 Å². The van der Waals surface area contributed by atoms with E-state index in [4.69, 9.17) is 4.74 Å².